The first kappa shape index (κ1) is 16.0. The Morgan fingerprint density at radius 1 is 1.04 bits per heavy atom. The van der Waals surface area contributed by atoms with E-state index in [2.05, 4.69) is 36.6 Å². The van der Waals surface area contributed by atoms with Crippen LogP contribution in [-0.4, -0.2) is 9.55 Å². The lowest BCUT2D eigenvalue weighted by Crippen LogP contribution is -2.09. The van der Waals surface area contributed by atoms with Crippen LogP contribution in [0.2, 0.25) is 5.02 Å². The third-order valence-corrected chi connectivity index (χ3v) is 4.58. The topological polar surface area (TPSA) is 27.1 Å². The molecule has 25 heavy (non-hydrogen) atoms. The molecule has 0 aliphatic rings. The van der Waals surface area contributed by atoms with Crippen LogP contribution in [-0.2, 0) is 6.61 Å². The summed E-state index contributed by atoms with van der Waals surface area (Å²) in [6.45, 7) is 4.70. The highest BCUT2D eigenvalue weighted by molar-refractivity contribution is 6.31. The molecule has 4 rings (SSSR count). The van der Waals surface area contributed by atoms with Gasteiger partial charge in [0.05, 0.1) is 11.0 Å². The van der Waals surface area contributed by atoms with E-state index < -0.39 is 0 Å². The van der Waals surface area contributed by atoms with Crippen molar-refractivity contribution in [3.8, 4) is 5.75 Å². The van der Waals surface area contributed by atoms with Crippen LogP contribution < -0.4 is 4.74 Å². The lowest BCUT2D eigenvalue weighted by molar-refractivity contribution is 0.291. The molecule has 1 aromatic heterocycles. The van der Waals surface area contributed by atoms with E-state index in [4.69, 9.17) is 21.3 Å². The fourth-order valence-electron chi connectivity index (χ4n) is 3.26. The second-order valence-electron chi connectivity index (χ2n) is 6.39. The lowest BCUT2D eigenvalue weighted by atomic mass is 10.1. The first-order chi connectivity index (χ1) is 12.1. The van der Waals surface area contributed by atoms with Gasteiger partial charge in [-0.1, -0.05) is 48.0 Å². The summed E-state index contributed by atoms with van der Waals surface area (Å²) in [6.07, 6.45) is 0. The molecule has 0 unspecified atom stereocenters. The molecule has 4 heteroatoms. The number of rotatable bonds is 4. The van der Waals surface area contributed by atoms with E-state index in [1.165, 1.54) is 5.39 Å². The number of hydrogen-bond acceptors (Lipinski definition) is 2. The number of ether oxygens (including phenoxy) is 1. The molecule has 3 aromatic carbocycles. The van der Waals surface area contributed by atoms with Crippen LogP contribution in [0.3, 0.4) is 0 Å². The van der Waals surface area contributed by atoms with Gasteiger partial charge in [-0.3, -0.25) is 0 Å². The predicted octanol–water partition coefficient (Wildman–Crippen LogP) is 6.00. The largest absolute Gasteiger partial charge is 0.485 e. The Morgan fingerprint density at radius 2 is 1.84 bits per heavy atom. The van der Waals surface area contributed by atoms with Crippen molar-refractivity contribution >= 4 is 33.4 Å². The standard InChI is InChI=1S/C21H19ClN2O/c1-14(2)24-19-12-16(22)10-11-18(19)23-21(24)13-25-20-9-5-7-15-6-3-4-8-17(15)20/h3-12,14H,13H2,1-2H3. The smallest absolute Gasteiger partial charge is 0.148 e. The minimum atomic E-state index is 0.273. The van der Waals surface area contributed by atoms with Gasteiger partial charge < -0.3 is 9.30 Å². The molecule has 0 fully saturated rings. The SMILES string of the molecule is CC(C)n1c(COc2cccc3ccccc23)nc2ccc(Cl)cc21. The highest BCUT2D eigenvalue weighted by atomic mass is 35.5. The maximum Gasteiger partial charge on any atom is 0.148 e. The molecule has 0 spiro atoms. The van der Waals surface area contributed by atoms with Gasteiger partial charge in [0.25, 0.3) is 0 Å². The van der Waals surface area contributed by atoms with Crippen LogP contribution in [0.1, 0.15) is 25.7 Å². The van der Waals surface area contributed by atoms with E-state index in [-0.39, 0.29) is 6.04 Å². The number of nitrogens with zero attached hydrogens (tertiary/aromatic N) is 2. The Bertz CT molecular complexity index is 1050. The molecule has 1 heterocycles. The molecule has 0 amide bonds. The van der Waals surface area contributed by atoms with Gasteiger partial charge in [0.1, 0.15) is 18.2 Å². The number of fused-ring (bicyclic) bond motifs is 2. The van der Waals surface area contributed by atoms with Gasteiger partial charge in [0.15, 0.2) is 0 Å². The molecule has 0 N–H and O–H groups in total. The van der Waals surface area contributed by atoms with Gasteiger partial charge in [-0.15, -0.1) is 0 Å². The molecule has 4 aromatic rings. The Hall–Kier alpha value is -2.52. The van der Waals surface area contributed by atoms with Gasteiger partial charge in [0, 0.05) is 16.5 Å². The monoisotopic (exact) mass is 350 g/mol. The number of halogens is 1. The van der Waals surface area contributed by atoms with Crippen molar-refractivity contribution in [3.63, 3.8) is 0 Å². The zero-order chi connectivity index (χ0) is 17.4. The van der Waals surface area contributed by atoms with E-state index >= 15 is 0 Å². The van der Waals surface area contributed by atoms with E-state index in [9.17, 15) is 0 Å². The van der Waals surface area contributed by atoms with Crippen LogP contribution in [0, 0.1) is 0 Å². The fourth-order valence-corrected chi connectivity index (χ4v) is 3.42. The highest BCUT2D eigenvalue weighted by Gasteiger charge is 2.14. The van der Waals surface area contributed by atoms with Gasteiger partial charge >= 0.3 is 0 Å². The van der Waals surface area contributed by atoms with Crippen LogP contribution in [0.25, 0.3) is 21.8 Å². The van der Waals surface area contributed by atoms with E-state index in [1.807, 2.05) is 42.5 Å². The summed E-state index contributed by atoms with van der Waals surface area (Å²) < 4.78 is 8.33. The van der Waals surface area contributed by atoms with Crippen LogP contribution in [0.15, 0.2) is 60.7 Å². The zero-order valence-corrected chi connectivity index (χ0v) is 15.0. The third kappa shape index (κ3) is 2.96. The molecule has 0 saturated heterocycles. The Kier molecular flexibility index (Phi) is 4.10. The van der Waals surface area contributed by atoms with Crippen molar-refractivity contribution in [1.29, 1.82) is 0 Å². The van der Waals surface area contributed by atoms with Gasteiger partial charge in [0.2, 0.25) is 0 Å². The van der Waals surface area contributed by atoms with E-state index in [0.717, 1.165) is 33.0 Å². The van der Waals surface area contributed by atoms with Gasteiger partial charge in [-0.2, -0.15) is 0 Å². The van der Waals surface area contributed by atoms with Crippen LogP contribution in [0.4, 0.5) is 0 Å². The number of hydrogen-bond donors (Lipinski definition) is 0. The van der Waals surface area contributed by atoms with Gasteiger partial charge in [-0.25, -0.2) is 4.98 Å². The minimum Gasteiger partial charge on any atom is -0.485 e. The average Bonchev–Trinajstić information content (AvgIpc) is 2.97. The maximum absolute atomic E-state index is 6.17. The lowest BCUT2D eigenvalue weighted by Gasteiger charge is -2.14. The zero-order valence-electron chi connectivity index (χ0n) is 14.2. The van der Waals surface area contributed by atoms with Crippen molar-refractivity contribution in [2.24, 2.45) is 0 Å². The summed E-state index contributed by atoms with van der Waals surface area (Å²) >= 11 is 6.17. The molecule has 126 valence electrons. The first-order valence-electron chi connectivity index (χ1n) is 8.40. The Balaban J connectivity index is 1.72. The van der Waals surface area contributed by atoms with Crippen molar-refractivity contribution in [2.75, 3.05) is 0 Å². The molecule has 0 aliphatic heterocycles. The summed E-state index contributed by atoms with van der Waals surface area (Å²) in [5.41, 5.74) is 1.98. The molecular formula is C21H19ClN2O. The van der Waals surface area contributed by atoms with Crippen LogP contribution >= 0.6 is 11.6 Å². The van der Waals surface area contributed by atoms with Gasteiger partial charge in [-0.05, 0) is 43.5 Å². The maximum atomic E-state index is 6.17. The average molecular weight is 351 g/mol. The van der Waals surface area contributed by atoms with E-state index in [1.54, 1.807) is 0 Å². The number of benzene rings is 3. The quantitative estimate of drug-likeness (QED) is 0.451. The summed E-state index contributed by atoms with van der Waals surface area (Å²) in [5.74, 6) is 1.78. The fraction of sp³-hybridized carbons (Fsp3) is 0.190. The number of imidazole rings is 1. The van der Waals surface area contributed by atoms with E-state index in [0.29, 0.717) is 6.61 Å². The third-order valence-electron chi connectivity index (χ3n) is 4.35. The van der Waals surface area contributed by atoms with Crippen LogP contribution in [0.5, 0.6) is 5.75 Å². The second-order valence-corrected chi connectivity index (χ2v) is 6.83. The molecule has 0 bridgehead atoms. The molecule has 3 nitrogen and oxygen atoms in total. The Morgan fingerprint density at radius 3 is 2.68 bits per heavy atom. The van der Waals surface area contributed by atoms with Crippen molar-refractivity contribution in [1.82, 2.24) is 9.55 Å². The number of aromatic nitrogens is 2. The molecule has 0 saturated carbocycles. The summed E-state index contributed by atoms with van der Waals surface area (Å²) in [7, 11) is 0. The highest BCUT2D eigenvalue weighted by Crippen LogP contribution is 2.28. The minimum absolute atomic E-state index is 0.273. The predicted molar refractivity (Wildman–Crippen MR) is 103 cm³/mol. The van der Waals surface area contributed by atoms with Crippen molar-refractivity contribution < 1.29 is 4.74 Å². The summed E-state index contributed by atoms with van der Waals surface area (Å²) in [6, 6.07) is 20.4. The first-order valence-corrected chi connectivity index (χ1v) is 8.78. The molecular weight excluding hydrogens is 332 g/mol. The molecule has 0 atom stereocenters. The van der Waals surface area contributed by atoms with Crippen molar-refractivity contribution in [3.05, 3.63) is 71.5 Å². The normalized spacial score (nSPS) is 11.5. The van der Waals surface area contributed by atoms with Crippen molar-refractivity contribution in [2.45, 2.75) is 26.5 Å². The second kappa shape index (κ2) is 6.41. The molecule has 0 aliphatic carbocycles. The summed E-state index contributed by atoms with van der Waals surface area (Å²) in [4.78, 5) is 4.75. The molecule has 0 radical (unpaired) electrons. The summed E-state index contributed by atoms with van der Waals surface area (Å²) in [5, 5.41) is 3.00. The Labute approximate surface area is 151 Å².